The number of aryl methyl sites for hydroxylation is 1. The third-order valence-corrected chi connectivity index (χ3v) is 4.85. The summed E-state index contributed by atoms with van der Waals surface area (Å²) in [6, 6.07) is 12.0. The van der Waals surface area contributed by atoms with E-state index in [0.29, 0.717) is 11.5 Å². The molecule has 3 aromatic rings. The Bertz CT molecular complexity index is 856. The second kappa shape index (κ2) is 7.68. The van der Waals surface area contributed by atoms with Crippen molar-refractivity contribution in [3.63, 3.8) is 0 Å². The van der Waals surface area contributed by atoms with Crippen LogP contribution in [0.4, 0.5) is 0 Å². The van der Waals surface area contributed by atoms with Gasteiger partial charge in [-0.1, -0.05) is 55.5 Å². The van der Waals surface area contributed by atoms with Crippen LogP contribution in [0.25, 0.3) is 4.96 Å². The molecule has 0 atom stereocenters. The molecule has 0 aliphatic rings. The third-order valence-electron chi connectivity index (χ3n) is 3.89. The first-order chi connectivity index (χ1) is 11.7. The maximum absolute atomic E-state index is 12.3. The van der Waals surface area contributed by atoms with Crippen LogP contribution in [0.1, 0.15) is 36.5 Å². The number of hydrogen-bond donors (Lipinski definition) is 0. The number of hydrogen-bond acceptors (Lipinski definition) is 5. The lowest BCUT2D eigenvalue weighted by Gasteiger charge is -2.19. The van der Waals surface area contributed by atoms with Crippen molar-refractivity contribution < 1.29 is 0 Å². The molecule has 3 rings (SSSR count). The fourth-order valence-corrected chi connectivity index (χ4v) is 3.66. The molecular weight excluding hydrogens is 320 g/mol. The van der Waals surface area contributed by atoms with Crippen LogP contribution in [0.5, 0.6) is 0 Å². The zero-order valence-corrected chi connectivity index (χ0v) is 14.9. The molecule has 0 unspecified atom stereocenters. The normalized spacial score (nSPS) is 11.5. The van der Waals surface area contributed by atoms with E-state index in [9.17, 15) is 4.79 Å². The van der Waals surface area contributed by atoms with Gasteiger partial charge in [0.2, 0.25) is 4.96 Å². The van der Waals surface area contributed by atoms with E-state index in [0.717, 1.165) is 36.6 Å². The van der Waals surface area contributed by atoms with Crippen molar-refractivity contribution in [2.45, 2.75) is 39.8 Å². The largest absolute Gasteiger partial charge is 0.294 e. The Balaban J connectivity index is 1.81. The predicted molar refractivity (Wildman–Crippen MR) is 97.4 cm³/mol. The van der Waals surface area contributed by atoms with Crippen molar-refractivity contribution in [1.29, 1.82) is 0 Å². The molecule has 0 saturated carbocycles. The highest BCUT2D eigenvalue weighted by atomic mass is 32.1. The molecule has 24 heavy (non-hydrogen) atoms. The van der Waals surface area contributed by atoms with Gasteiger partial charge >= 0.3 is 0 Å². The average molecular weight is 342 g/mol. The first-order valence-corrected chi connectivity index (χ1v) is 9.16. The van der Waals surface area contributed by atoms with Crippen LogP contribution in [-0.2, 0) is 19.5 Å². The summed E-state index contributed by atoms with van der Waals surface area (Å²) in [5.74, 6) is 0. The van der Waals surface area contributed by atoms with Gasteiger partial charge < -0.3 is 0 Å². The molecule has 0 aliphatic heterocycles. The molecule has 0 spiro atoms. The fourth-order valence-electron chi connectivity index (χ4n) is 2.64. The topological polar surface area (TPSA) is 50.5 Å². The zero-order chi connectivity index (χ0) is 16.9. The summed E-state index contributed by atoms with van der Waals surface area (Å²) in [6.07, 6.45) is 1.90. The zero-order valence-electron chi connectivity index (χ0n) is 14.1. The van der Waals surface area contributed by atoms with Gasteiger partial charge in [0.15, 0.2) is 0 Å². The van der Waals surface area contributed by atoms with Gasteiger partial charge in [0.25, 0.3) is 5.56 Å². The maximum atomic E-state index is 12.3. The van der Waals surface area contributed by atoms with E-state index in [1.165, 1.54) is 21.4 Å². The van der Waals surface area contributed by atoms with E-state index in [1.807, 2.05) is 18.2 Å². The van der Waals surface area contributed by atoms with Gasteiger partial charge in [0.05, 0.1) is 5.69 Å². The van der Waals surface area contributed by atoms with Gasteiger partial charge in [-0.2, -0.15) is 9.61 Å². The number of benzene rings is 1. The quantitative estimate of drug-likeness (QED) is 0.662. The lowest BCUT2D eigenvalue weighted by molar-refractivity contribution is 0.268. The van der Waals surface area contributed by atoms with E-state index >= 15 is 0 Å². The Morgan fingerprint density at radius 1 is 1.17 bits per heavy atom. The molecule has 2 heterocycles. The van der Waals surface area contributed by atoms with Crippen molar-refractivity contribution in [2.75, 3.05) is 6.54 Å². The molecule has 126 valence electrons. The van der Waals surface area contributed by atoms with E-state index in [1.54, 1.807) is 6.07 Å². The Labute approximate surface area is 145 Å². The summed E-state index contributed by atoms with van der Waals surface area (Å²) in [7, 11) is 0. The molecule has 0 N–H and O–H groups in total. The third kappa shape index (κ3) is 3.88. The summed E-state index contributed by atoms with van der Waals surface area (Å²) in [5, 5.41) is 5.33. The SMILES string of the molecule is CCCc1nn2c(=O)cc(CN(CC)Cc3ccccc3)nc2s1. The minimum absolute atomic E-state index is 0.0932. The number of nitrogens with zero attached hydrogens (tertiary/aromatic N) is 4. The fraction of sp³-hybridized carbons (Fsp3) is 0.389. The van der Waals surface area contributed by atoms with E-state index < -0.39 is 0 Å². The Kier molecular flexibility index (Phi) is 5.37. The van der Waals surface area contributed by atoms with E-state index in [-0.39, 0.29) is 5.56 Å². The first kappa shape index (κ1) is 16.8. The van der Waals surface area contributed by atoms with Gasteiger partial charge in [-0.3, -0.25) is 9.69 Å². The lowest BCUT2D eigenvalue weighted by atomic mass is 10.2. The molecule has 0 bridgehead atoms. The minimum atomic E-state index is -0.0932. The van der Waals surface area contributed by atoms with Crippen LogP contribution in [0.15, 0.2) is 41.2 Å². The van der Waals surface area contributed by atoms with E-state index in [4.69, 9.17) is 0 Å². The van der Waals surface area contributed by atoms with Crippen molar-refractivity contribution in [3.05, 3.63) is 63.0 Å². The number of rotatable bonds is 7. The molecule has 6 heteroatoms. The molecular formula is C18H22N4OS. The van der Waals surface area contributed by atoms with Crippen molar-refractivity contribution >= 4 is 16.3 Å². The first-order valence-electron chi connectivity index (χ1n) is 8.34. The lowest BCUT2D eigenvalue weighted by Crippen LogP contribution is -2.25. The van der Waals surface area contributed by atoms with Gasteiger partial charge in [-0.05, 0) is 18.5 Å². The van der Waals surface area contributed by atoms with Crippen LogP contribution < -0.4 is 5.56 Å². The highest BCUT2D eigenvalue weighted by Crippen LogP contribution is 2.14. The standard InChI is InChI=1S/C18H22N4OS/c1-3-8-16-20-22-17(23)11-15(19-18(22)24-16)13-21(4-2)12-14-9-6-5-7-10-14/h5-7,9-11H,3-4,8,12-13H2,1-2H3. The molecule has 1 aromatic carbocycles. The Morgan fingerprint density at radius 3 is 2.67 bits per heavy atom. The van der Waals surface area contributed by atoms with Gasteiger partial charge in [-0.15, -0.1) is 0 Å². The summed E-state index contributed by atoms with van der Waals surface area (Å²) >= 11 is 1.51. The smallest absolute Gasteiger partial charge is 0.275 e. The van der Waals surface area contributed by atoms with Gasteiger partial charge in [-0.25, -0.2) is 4.98 Å². The van der Waals surface area contributed by atoms with Gasteiger partial charge in [0.1, 0.15) is 5.01 Å². The molecule has 0 fully saturated rings. The molecule has 0 aliphatic carbocycles. The number of aromatic nitrogens is 3. The van der Waals surface area contributed by atoms with Crippen LogP contribution in [0.3, 0.4) is 0 Å². The average Bonchev–Trinajstić information content (AvgIpc) is 2.99. The van der Waals surface area contributed by atoms with Crippen LogP contribution in [0.2, 0.25) is 0 Å². The van der Waals surface area contributed by atoms with E-state index in [2.05, 4.69) is 41.0 Å². The van der Waals surface area contributed by atoms with Crippen molar-refractivity contribution in [2.24, 2.45) is 0 Å². The highest BCUT2D eigenvalue weighted by Gasteiger charge is 2.11. The minimum Gasteiger partial charge on any atom is -0.294 e. The molecule has 2 aromatic heterocycles. The van der Waals surface area contributed by atoms with Crippen LogP contribution in [-0.4, -0.2) is 26.0 Å². The van der Waals surface area contributed by atoms with Crippen molar-refractivity contribution in [3.8, 4) is 0 Å². The summed E-state index contributed by atoms with van der Waals surface area (Å²) in [4.78, 5) is 19.9. The predicted octanol–water partition coefficient (Wildman–Crippen LogP) is 3.13. The Hall–Kier alpha value is -2.05. The number of fused-ring (bicyclic) bond motifs is 1. The van der Waals surface area contributed by atoms with Gasteiger partial charge in [0, 0.05) is 25.6 Å². The van der Waals surface area contributed by atoms with Crippen LogP contribution >= 0.6 is 11.3 Å². The van der Waals surface area contributed by atoms with Crippen molar-refractivity contribution in [1.82, 2.24) is 19.5 Å². The van der Waals surface area contributed by atoms with Crippen LogP contribution in [0, 0.1) is 0 Å². The maximum Gasteiger partial charge on any atom is 0.275 e. The Morgan fingerprint density at radius 2 is 1.96 bits per heavy atom. The second-order valence-electron chi connectivity index (χ2n) is 5.81. The molecule has 0 amide bonds. The summed E-state index contributed by atoms with van der Waals surface area (Å²) < 4.78 is 1.42. The summed E-state index contributed by atoms with van der Waals surface area (Å²) in [5.41, 5.74) is 1.98. The monoisotopic (exact) mass is 342 g/mol. The molecule has 5 nitrogen and oxygen atoms in total. The summed E-state index contributed by atoms with van der Waals surface area (Å²) in [6.45, 7) is 6.65. The second-order valence-corrected chi connectivity index (χ2v) is 6.86. The molecule has 0 saturated heterocycles. The highest BCUT2D eigenvalue weighted by molar-refractivity contribution is 7.16. The molecule has 0 radical (unpaired) electrons.